The highest BCUT2D eigenvalue weighted by Crippen LogP contribution is 2.24. The van der Waals surface area contributed by atoms with Crippen molar-refractivity contribution in [3.63, 3.8) is 0 Å². The Hall–Kier alpha value is -2.33. The van der Waals surface area contributed by atoms with Crippen LogP contribution in [-0.4, -0.2) is 31.0 Å². The largest absolute Gasteiger partial charge is 0.360 e. The molecule has 8 nitrogen and oxygen atoms in total. The van der Waals surface area contributed by atoms with E-state index in [0.29, 0.717) is 21.4 Å². The molecule has 0 fully saturated rings. The highest BCUT2D eigenvalue weighted by molar-refractivity contribution is 7.92. The predicted molar refractivity (Wildman–Crippen MR) is 113 cm³/mol. The van der Waals surface area contributed by atoms with Gasteiger partial charge in [0.1, 0.15) is 22.4 Å². The van der Waals surface area contributed by atoms with Gasteiger partial charge in [-0.15, -0.1) is 0 Å². The zero-order valence-corrected chi connectivity index (χ0v) is 18.6. The van der Waals surface area contributed by atoms with Crippen LogP contribution in [0, 0.1) is 6.92 Å². The second-order valence-corrected chi connectivity index (χ2v) is 9.23. The number of anilines is 1. The van der Waals surface area contributed by atoms with Gasteiger partial charge in [0.2, 0.25) is 5.91 Å². The SMILES string of the molecule is Cc1cc(N(CC(=O)NCc2ccc(Cl)cc2Cl)S(=O)(=O)c2ccc(Cl)nc2)no1. The van der Waals surface area contributed by atoms with Crippen LogP contribution in [0.25, 0.3) is 0 Å². The lowest BCUT2D eigenvalue weighted by atomic mass is 10.2. The van der Waals surface area contributed by atoms with Crippen LogP contribution in [0.1, 0.15) is 11.3 Å². The Morgan fingerprint density at radius 1 is 1.17 bits per heavy atom. The molecule has 2 heterocycles. The van der Waals surface area contributed by atoms with Crippen LogP contribution in [0.15, 0.2) is 52.0 Å². The zero-order chi connectivity index (χ0) is 21.9. The number of nitrogens with one attached hydrogen (secondary N) is 1. The molecule has 1 amide bonds. The molecule has 1 N–H and O–H groups in total. The Morgan fingerprint density at radius 3 is 2.53 bits per heavy atom. The van der Waals surface area contributed by atoms with E-state index >= 15 is 0 Å². The molecule has 0 aliphatic heterocycles. The van der Waals surface area contributed by atoms with Crippen molar-refractivity contribution in [2.24, 2.45) is 0 Å². The van der Waals surface area contributed by atoms with Crippen molar-refractivity contribution in [3.8, 4) is 0 Å². The molecule has 0 bridgehead atoms. The number of amides is 1. The van der Waals surface area contributed by atoms with E-state index in [9.17, 15) is 13.2 Å². The van der Waals surface area contributed by atoms with Crippen LogP contribution in [0.5, 0.6) is 0 Å². The predicted octanol–water partition coefficient (Wildman–Crippen LogP) is 3.85. The fourth-order valence-electron chi connectivity index (χ4n) is 2.45. The van der Waals surface area contributed by atoms with Gasteiger partial charge in [-0.25, -0.2) is 17.7 Å². The highest BCUT2D eigenvalue weighted by Gasteiger charge is 2.30. The van der Waals surface area contributed by atoms with Gasteiger partial charge in [0.05, 0.1) is 0 Å². The zero-order valence-electron chi connectivity index (χ0n) is 15.5. The van der Waals surface area contributed by atoms with E-state index in [1.54, 1.807) is 25.1 Å². The topological polar surface area (TPSA) is 105 Å². The van der Waals surface area contributed by atoms with E-state index in [4.69, 9.17) is 39.3 Å². The van der Waals surface area contributed by atoms with Gasteiger partial charge in [0, 0.05) is 28.9 Å². The number of sulfonamides is 1. The maximum absolute atomic E-state index is 13.1. The maximum Gasteiger partial charge on any atom is 0.267 e. The third-order valence-corrected chi connectivity index (χ3v) is 6.48. The first kappa shape index (κ1) is 22.4. The van der Waals surface area contributed by atoms with Gasteiger partial charge in [0.25, 0.3) is 10.0 Å². The van der Waals surface area contributed by atoms with Crippen molar-refractivity contribution in [2.75, 3.05) is 10.8 Å². The number of rotatable bonds is 7. The monoisotopic (exact) mass is 488 g/mol. The number of hydrogen-bond donors (Lipinski definition) is 1. The summed E-state index contributed by atoms with van der Waals surface area (Å²) in [4.78, 5) is 16.2. The number of pyridine rings is 1. The standard InChI is InChI=1S/C18H15Cl3N4O4S/c1-11-6-17(24-29-11)25(30(27,28)14-4-5-16(21)22-9-14)10-18(26)23-8-12-2-3-13(19)7-15(12)20/h2-7,9H,8,10H2,1H3,(H,23,26). The van der Waals surface area contributed by atoms with Crippen molar-refractivity contribution in [2.45, 2.75) is 18.4 Å². The van der Waals surface area contributed by atoms with Gasteiger partial charge in [0.15, 0.2) is 5.82 Å². The van der Waals surface area contributed by atoms with Gasteiger partial charge >= 0.3 is 0 Å². The molecule has 0 aliphatic carbocycles. The molecule has 2 aromatic heterocycles. The lowest BCUT2D eigenvalue weighted by Crippen LogP contribution is -2.41. The number of carbonyl (C=O) groups is 1. The third kappa shape index (κ3) is 5.23. The lowest BCUT2D eigenvalue weighted by molar-refractivity contribution is -0.119. The Kier molecular flexibility index (Phi) is 6.87. The number of benzene rings is 1. The fraction of sp³-hybridized carbons (Fsp3) is 0.167. The van der Waals surface area contributed by atoms with Crippen LogP contribution in [-0.2, 0) is 21.4 Å². The number of nitrogens with zero attached hydrogens (tertiary/aromatic N) is 3. The average Bonchev–Trinajstić information content (AvgIpc) is 3.11. The molecule has 30 heavy (non-hydrogen) atoms. The van der Waals surface area contributed by atoms with Crippen LogP contribution in [0.3, 0.4) is 0 Å². The minimum atomic E-state index is -4.16. The van der Waals surface area contributed by atoms with Crippen LogP contribution in [0.2, 0.25) is 15.2 Å². The van der Waals surface area contributed by atoms with Crippen LogP contribution >= 0.6 is 34.8 Å². The van der Waals surface area contributed by atoms with E-state index in [1.807, 2.05) is 0 Å². The molecule has 0 saturated heterocycles. The van der Waals surface area contributed by atoms with E-state index in [1.165, 1.54) is 18.2 Å². The Morgan fingerprint density at radius 2 is 1.93 bits per heavy atom. The lowest BCUT2D eigenvalue weighted by Gasteiger charge is -2.21. The minimum Gasteiger partial charge on any atom is -0.360 e. The first-order valence-corrected chi connectivity index (χ1v) is 11.0. The summed E-state index contributed by atoms with van der Waals surface area (Å²) in [6, 6.07) is 8.88. The molecule has 0 saturated carbocycles. The summed E-state index contributed by atoms with van der Waals surface area (Å²) in [6.45, 7) is 1.15. The maximum atomic E-state index is 13.1. The second kappa shape index (κ2) is 9.22. The Labute approximate surface area is 187 Å². The molecule has 158 valence electrons. The highest BCUT2D eigenvalue weighted by atomic mass is 35.5. The molecule has 3 rings (SSSR count). The number of aromatic nitrogens is 2. The number of aryl methyl sites for hydroxylation is 1. The number of halogens is 3. The minimum absolute atomic E-state index is 0.0397. The van der Waals surface area contributed by atoms with Crippen LogP contribution in [0.4, 0.5) is 5.82 Å². The molecular weight excluding hydrogens is 475 g/mol. The molecule has 12 heteroatoms. The fourth-order valence-corrected chi connectivity index (χ4v) is 4.33. The molecule has 0 atom stereocenters. The Bertz CT molecular complexity index is 1170. The summed E-state index contributed by atoms with van der Waals surface area (Å²) in [5, 5.41) is 7.34. The summed E-state index contributed by atoms with van der Waals surface area (Å²) < 4.78 is 32.0. The van der Waals surface area contributed by atoms with Gasteiger partial charge < -0.3 is 9.84 Å². The van der Waals surface area contributed by atoms with Gasteiger partial charge in [-0.05, 0) is 36.8 Å². The molecule has 0 aliphatic rings. The van der Waals surface area contributed by atoms with Crippen molar-refractivity contribution >= 4 is 56.6 Å². The second-order valence-electron chi connectivity index (χ2n) is 6.14. The van der Waals surface area contributed by atoms with Gasteiger partial charge in [-0.2, -0.15) is 0 Å². The number of hydrogen-bond acceptors (Lipinski definition) is 6. The summed E-state index contributed by atoms with van der Waals surface area (Å²) in [6.07, 6.45) is 1.10. The van der Waals surface area contributed by atoms with Gasteiger partial charge in [-0.1, -0.05) is 46.0 Å². The van der Waals surface area contributed by atoms with Crippen molar-refractivity contribution in [3.05, 3.63) is 69.1 Å². The Balaban J connectivity index is 1.82. The van der Waals surface area contributed by atoms with Crippen molar-refractivity contribution in [1.29, 1.82) is 0 Å². The van der Waals surface area contributed by atoms with Gasteiger partial charge in [-0.3, -0.25) is 4.79 Å². The molecular formula is C18H15Cl3N4O4S. The van der Waals surface area contributed by atoms with E-state index in [2.05, 4.69) is 15.5 Å². The first-order valence-electron chi connectivity index (χ1n) is 8.45. The summed E-state index contributed by atoms with van der Waals surface area (Å²) >= 11 is 17.7. The summed E-state index contributed by atoms with van der Waals surface area (Å²) in [7, 11) is -4.16. The smallest absolute Gasteiger partial charge is 0.267 e. The molecule has 3 aromatic rings. The van der Waals surface area contributed by atoms with E-state index < -0.39 is 22.5 Å². The summed E-state index contributed by atoms with van der Waals surface area (Å²) in [5.74, 6) is -0.234. The van der Waals surface area contributed by atoms with E-state index in [-0.39, 0.29) is 22.4 Å². The summed E-state index contributed by atoms with van der Waals surface area (Å²) in [5.41, 5.74) is 0.628. The van der Waals surface area contributed by atoms with E-state index in [0.717, 1.165) is 10.5 Å². The molecule has 0 unspecified atom stereocenters. The third-order valence-electron chi connectivity index (χ3n) is 3.94. The first-order chi connectivity index (χ1) is 14.2. The molecule has 0 radical (unpaired) electrons. The molecule has 1 aromatic carbocycles. The molecule has 0 spiro atoms. The number of carbonyl (C=O) groups excluding carboxylic acids is 1. The van der Waals surface area contributed by atoms with Crippen LogP contribution < -0.4 is 9.62 Å². The van der Waals surface area contributed by atoms with Crippen molar-refractivity contribution < 1.29 is 17.7 Å². The average molecular weight is 490 g/mol. The normalized spacial score (nSPS) is 11.3. The van der Waals surface area contributed by atoms with Crippen molar-refractivity contribution in [1.82, 2.24) is 15.5 Å². The quantitative estimate of drug-likeness (QED) is 0.505.